The molecule has 10 heteroatoms. The molecule has 5 rings (SSSR count). The zero-order valence-electron chi connectivity index (χ0n) is 22.0. The Morgan fingerprint density at radius 1 is 1.00 bits per heavy atom. The van der Waals surface area contributed by atoms with Crippen molar-refractivity contribution in [3.05, 3.63) is 89.1 Å². The summed E-state index contributed by atoms with van der Waals surface area (Å²) >= 11 is 11.9. The van der Waals surface area contributed by atoms with Gasteiger partial charge in [-0.05, 0) is 73.2 Å². The summed E-state index contributed by atoms with van der Waals surface area (Å²) in [5, 5.41) is 7.14. The second-order valence-electron chi connectivity index (χ2n) is 9.38. The molecule has 0 unspecified atom stereocenters. The third kappa shape index (κ3) is 6.38. The minimum atomic E-state index is -0.440. The molecule has 0 atom stereocenters. The van der Waals surface area contributed by atoms with E-state index in [-0.39, 0.29) is 16.8 Å². The number of piperazine rings is 1. The molecule has 40 heavy (non-hydrogen) atoms. The molecular weight excluding hydrogens is 548 g/mol. The molecule has 2 heterocycles. The lowest BCUT2D eigenvalue weighted by molar-refractivity contribution is 0.0746. The molecule has 2 amide bonds. The Hall–Kier alpha value is -4.08. The minimum absolute atomic E-state index is 0.00513. The first-order valence-electron chi connectivity index (χ1n) is 13.1. The number of furan rings is 1. The van der Waals surface area contributed by atoms with Crippen molar-refractivity contribution >= 4 is 63.1 Å². The van der Waals surface area contributed by atoms with Crippen molar-refractivity contribution in [2.45, 2.75) is 13.3 Å². The summed E-state index contributed by atoms with van der Waals surface area (Å²) in [6.07, 6.45) is 0.935. The van der Waals surface area contributed by atoms with E-state index in [0.717, 1.165) is 23.2 Å². The molecule has 1 aliphatic rings. The van der Waals surface area contributed by atoms with Gasteiger partial charge in [-0.3, -0.25) is 14.9 Å². The monoisotopic (exact) mass is 576 g/mol. The second-order valence-corrected chi connectivity index (χ2v) is 10.2. The highest BCUT2D eigenvalue weighted by Crippen LogP contribution is 2.30. The first-order chi connectivity index (χ1) is 19.4. The predicted molar refractivity (Wildman–Crippen MR) is 162 cm³/mol. The SMILES string of the molecule is CCCOc1ccc(C(=O)N2CCN(c3ccc(NC(=S)NC(=O)c4cc5ccccc5o4)cc3Cl)CC2)cc1. The number of hydrogen-bond acceptors (Lipinski definition) is 6. The summed E-state index contributed by atoms with van der Waals surface area (Å²) in [6, 6.07) is 21.9. The lowest BCUT2D eigenvalue weighted by atomic mass is 10.1. The standard InChI is InChI=1S/C30H29ClN4O4S/c1-2-17-38-23-10-7-20(8-11-23)29(37)35-15-13-34(14-16-35)25-12-9-22(19-24(25)31)32-30(40)33-28(36)27-18-21-5-3-4-6-26(21)39-27/h3-12,18-19H,2,13-17H2,1H3,(H2,32,33,36,40). The average molecular weight is 577 g/mol. The maximum Gasteiger partial charge on any atom is 0.293 e. The van der Waals surface area contributed by atoms with Crippen molar-refractivity contribution in [1.29, 1.82) is 0 Å². The number of anilines is 2. The molecule has 206 valence electrons. The molecule has 8 nitrogen and oxygen atoms in total. The Balaban J connectivity index is 1.13. The van der Waals surface area contributed by atoms with Crippen LogP contribution in [-0.4, -0.2) is 54.6 Å². The van der Waals surface area contributed by atoms with E-state index in [1.54, 1.807) is 18.2 Å². The quantitative estimate of drug-likeness (QED) is 0.262. The number of para-hydroxylation sites is 1. The van der Waals surface area contributed by atoms with Crippen LogP contribution < -0.4 is 20.3 Å². The lowest BCUT2D eigenvalue weighted by Crippen LogP contribution is -2.48. The van der Waals surface area contributed by atoms with Crippen LogP contribution in [-0.2, 0) is 0 Å². The Morgan fingerprint density at radius 3 is 2.45 bits per heavy atom. The number of carbonyl (C=O) groups excluding carboxylic acids is 2. The number of nitrogens with one attached hydrogen (secondary N) is 2. The summed E-state index contributed by atoms with van der Waals surface area (Å²) in [7, 11) is 0. The number of rotatable bonds is 7. The van der Waals surface area contributed by atoms with E-state index < -0.39 is 5.91 Å². The van der Waals surface area contributed by atoms with Crippen molar-refractivity contribution in [2.75, 3.05) is 43.0 Å². The molecule has 0 bridgehead atoms. The summed E-state index contributed by atoms with van der Waals surface area (Å²) in [5.41, 5.74) is 2.79. The Labute approximate surface area is 242 Å². The Bertz CT molecular complexity index is 1500. The number of fused-ring (bicyclic) bond motifs is 1. The Kier molecular flexibility index (Phi) is 8.52. The van der Waals surface area contributed by atoms with Crippen LogP contribution in [0.4, 0.5) is 11.4 Å². The number of amides is 2. The van der Waals surface area contributed by atoms with Crippen LogP contribution in [0.15, 0.2) is 77.2 Å². The summed E-state index contributed by atoms with van der Waals surface area (Å²) in [4.78, 5) is 29.5. The summed E-state index contributed by atoms with van der Waals surface area (Å²) < 4.78 is 11.2. The third-order valence-corrected chi connectivity index (χ3v) is 7.07. The zero-order valence-corrected chi connectivity index (χ0v) is 23.6. The lowest BCUT2D eigenvalue weighted by Gasteiger charge is -2.36. The molecular formula is C30H29ClN4O4S. The van der Waals surface area contributed by atoms with Crippen LogP contribution in [0.5, 0.6) is 5.75 Å². The van der Waals surface area contributed by atoms with Gasteiger partial charge in [0.25, 0.3) is 11.8 Å². The van der Waals surface area contributed by atoms with Gasteiger partial charge in [0.1, 0.15) is 11.3 Å². The molecule has 1 fully saturated rings. The van der Waals surface area contributed by atoms with Gasteiger partial charge in [-0.2, -0.15) is 0 Å². The van der Waals surface area contributed by atoms with E-state index >= 15 is 0 Å². The normalized spacial score (nSPS) is 13.2. The Morgan fingerprint density at radius 2 is 1.75 bits per heavy atom. The third-order valence-electron chi connectivity index (χ3n) is 6.56. The minimum Gasteiger partial charge on any atom is -0.494 e. The van der Waals surface area contributed by atoms with E-state index in [4.69, 9.17) is 33.0 Å². The smallest absolute Gasteiger partial charge is 0.293 e. The van der Waals surface area contributed by atoms with E-state index in [1.807, 2.05) is 59.5 Å². The van der Waals surface area contributed by atoms with Gasteiger partial charge in [0, 0.05) is 42.8 Å². The van der Waals surface area contributed by atoms with Crippen LogP contribution in [0.25, 0.3) is 11.0 Å². The van der Waals surface area contributed by atoms with Crippen molar-refractivity contribution in [1.82, 2.24) is 10.2 Å². The molecule has 3 aromatic carbocycles. The molecule has 0 spiro atoms. The number of benzene rings is 3. The number of halogens is 1. The zero-order chi connectivity index (χ0) is 28.1. The summed E-state index contributed by atoms with van der Waals surface area (Å²) in [5.74, 6) is 0.509. The van der Waals surface area contributed by atoms with Gasteiger partial charge < -0.3 is 24.3 Å². The number of hydrogen-bond donors (Lipinski definition) is 2. The molecule has 1 aliphatic heterocycles. The molecule has 1 aromatic heterocycles. The maximum atomic E-state index is 13.0. The van der Waals surface area contributed by atoms with Crippen LogP contribution in [0.1, 0.15) is 34.3 Å². The van der Waals surface area contributed by atoms with Crippen LogP contribution >= 0.6 is 23.8 Å². The topological polar surface area (TPSA) is 87.0 Å². The van der Waals surface area contributed by atoms with Gasteiger partial charge >= 0.3 is 0 Å². The first kappa shape index (κ1) is 27.5. The molecule has 0 radical (unpaired) electrons. The van der Waals surface area contributed by atoms with Crippen molar-refractivity contribution < 1.29 is 18.7 Å². The molecule has 0 saturated carbocycles. The number of ether oxygens (including phenoxy) is 1. The fourth-order valence-corrected chi connectivity index (χ4v) is 5.02. The largest absolute Gasteiger partial charge is 0.494 e. The van der Waals surface area contributed by atoms with E-state index in [0.29, 0.717) is 54.6 Å². The van der Waals surface area contributed by atoms with Crippen LogP contribution in [0.3, 0.4) is 0 Å². The van der Waals surface area contributed by atoms with Gasteiger partial charge in [-0.15, -0.1) is 0 Å². The second kappa shape index (κ2) is 12.4. The maximum absolute atomic E-state index is 13.0. The number of thiocarbonyl (C=S) groups is 1. The fourth-order valence-electron chi connectivity index (χ4n) is 4.51. The highest BCUT2D eigenvalue weighted by Gasteiger charge is 2.24. The first-order valence-corrected chi connectivity index (χ1v) is 13.9. The average Bonchev–Trinajstić information content (AvgIpc) is 3.41. The van der Waals surface area contributed by atoms with Gasteiger partial charge in [0.15, 0.2) is 10.9 Å². The van der Waals surface area contributed by atoms with Crippen LogP contribution in [0.2, 0.25) is 5.02 Å². The van der Waals surface area contributed by atoms with Crippen molar-refractivity contribution in [3.8, 4) is 5.75 Å². The van der Waals surface area contributed by atoms with Gasteiger partial charge in [0.2, 0.25) is 0 Å². The molecule has 2 N–H and O–H groups in total. The van der Waals surface area contributed by atoms with E-state index in [2.05, 4.69) is 22.5 Å². The van der Waals surface area contributed by atoms with Gasteiger partial charge in [-0.1, -0.05) is 36.7 Å². The molecule has 4 aromatic rings. The fraction of sp³-hybridized carbons (Fsp3) is 0.233. The van der Waals surface area contributed by atoms with Crippen LogP contribution in [0, 0.1) is 0 Å². The molecule has 0 aliphatic carbocycles. The number of carbonyl (C=O) groups is 2. The van der Waals surface area contributed by atoms with Gasteiger partial charge in [-0.25, -0.2) is 0 Å². The summed E-state index contributed by atoms with van der Waals surface area (Å²) in [6.45, 7) is 5.19. The van der Waals surface area contributed by atoms with Crippen molar-refractivity contribution in [3.63, 3.8) is 0 Å². The highest BCUT2D eigenvalue weighted by molar-refractivity contribution is 7.80. The molecule has 1 saturated heterocycles. The highest BCUT2D eigenvalue weighted by atomic mass is 35.5. The van der Waals surface area contributed by atoms with Gasteiger partial charge in [0.05, 0.1) is 17.3 Å². The van der Waals surface area contributed by atoms with E-state index in [9.17, 15) is 9.59 Å². The van der Waals surface area contributed by atoms with Crippen molar-refractivity contribution in [2.24, 2.45) is 0 Å². The van der Waals surface area contributed by atoms with E-state index in [1.165, 1.54) is 0 Å². The number of nitrogens with zero attached hydrogens (tertiary/aromatic N) is 2. The predicted octanol–water partition coefficient (Wildman–Crippen LogP) is 5.96.